The van der Waals surface area contributed by atoms with E-state index in [0.717, 1.165) is 12.8 Å². The average molecular weight is 235 g/mol. The summed E-state index contributed by atoms with van der Waals surface area (Å²) in [5.74, 6) is 0. The highest BCUT2D eigenvalue weighted by atomic mass is 16.5. The second-order valence-corrected chi connectivity index (χ2v) is 4.49. The fraction of sp³-hybridized carbons (Fsp3) is 0.600. The lowest BCUT2D eigenvalue weighted by molar-refractivity contribution is 0.0294. The van der Waals surface area contributed by atoms with Crippen LogP contribution < -0.4 is 5.73 Å². The zero-order chi connectivity index (χ0) is 12.3. The van der Waals surface area contributed by atoms with E-state index in [1.807, 2.05) is 18.2 Å². The van der Waals surface area contributed by atoms with E-state index in [0.29, 0.717) is 19.3 Å². The second-order valence-electron chi connectivity index (χ2n) is 4.49. The van der Waals surface area contributed by atoms with Gasteiger partial charge in [0.05, 0.1) is 12.7 Å². The molecule has 2 heteroatoms. The highest BCUT2D eigenvalue weighted by molar-refractivity contribution is 5.13. The minimum Gasteiger partial charge on any atom is -0.373 e. The summed E-state index contributed by atoms with van der Waals surface area (Å²) in [5.41, 5.74) is 6.86. The predicted molar refractivity (Wildman–Crippen MR) is 72.8 cm³/mol. The van der Waals surface area contributed by atoms with Gasteiger partial charge in [0.1, 0.15) is 0 Å². The molecule has 1 rings (SSSR count). The summed E-state index contributed by atoms with van der Waals surface area (Å²) in [7, 11) is 0. The van der Waals surface area contributed by atoms with Crippen molar-refractivity contribution in [3.63, 3.8) is 0 Å². The molecule has 2 nitrogen and oxygen atoms in total. The largest absolute Gasteiger partial charge is 0.373 e. The smallest absolute Gasteiger partial charge is 0.0720 e. The molecule has 0 heterocycles. The molecule has 1 aromatic rings. The van der Waals surface area contributed by atoms with Crippen LogP contribution >= 0.6 is 0 Å². The third kappa shape index (κ3) is 6.44. The third-order valence-corrected chi connectivity index (χ3v) is 2.95. The van der Waals surface area contributed by atoms with E-state index in [9.17, 15) is 0 Å². The summed E-state index contributed by atoms with van der Waals surface area (Å²) in [6, 6.07) is 10.3. The summed E-state index contributed by atoms with van der Waals surface area (Å²) in [5, 5.41) is 0. The van der Waals surface area contributed by atoms with Gasteiger partial charge in [-0.2, -0.15) is 0 Å². The first-order valence-corrected chi connectivity index (χ1v) is 6.72. The van der Waals surface area contributed by atoms with E-state index in [4.69, 9.17) is 10.5 Å². The van der Waals surface area contributed by atoms with E-state index in [1.54, 1.807) is 0 Å². The van der Waals surface area contributed by atoms with Gasteiger partial charge in [-0.25, -0.2) is 0 Å². The molecule has 0 spiro atoms. The van der Waals surface area contributed by atoms with Crippen molar-refractivity contribution in [2.24, 2.45) is 5.73 Å². The number of benzene rings is 1. The Balaban J connectivity index is 2.28. The van der Waals surface area contributed by atoms with Crippen LogP contribution in [0.5, 0.6) is 0 Å². The Kier molecular flexibility index (Phi) is 7.69. The van der Waals surface area contributed by atoms with Crippen molar-refractivity contribution in [2.45, 2.75) is 51.7 Å². The number of nitrogens with two attached hydrogens (primary N) is 1. The topological polar surface area (TPSA) is 35.2 Å². The van der Waals surface area contributed by atoms with Gasteiger partial charge in [0.15, 0.2) is 0 Å². The van der Waals surface area contributed by atoms with E-state index < -0.39 is 0 Å². The van der Waals surface area contributed by atoms with E-state index in [-0.39, 0.29) is 0 Å². The number of ether oxygens (including phenoxy) is 1. The van der Waals surface area contributed by atoms with Crippen LogP contribution in [0, 0.1) is 0 Å². The van der Waals surface area contributed by atoms with Gasteiger partial charge in [0, 0.05) is 0 Å². The lowest BCUT2D eigenvalue weighted by atomic mass is 10.1. The summed E-state index contributed by atoms with van der Waals surface area (Å²) in [6.07, 6.45) is 6.22. The van der Waals surface area contributed by atoms with Gasteiger partial charge >= 0.3 is 0 Å². The number of hydrogen-bond donors (Lipinski definition) is 1. The van der Waals surface area contributed by atoms with Crippen molar-refractivity contribution in [1.82, 2.24) is 0 Å². The molecule has 1 aromatic carbocycles. The summed E-state index contributed by atoms with van der Waals surface area (Å²) in [6.45, 7) is 3.64. The average Bonchev–Trinajstić information content (AvgIpc) is 2.37. The molecule has 0 saturated heterocycles. The monoisotopic (exact) mass is 235 g/mol. The molecule has 0 aliphatic carbocycles. The summed E-state index contributed by atoms with van der Waals surface area (Å²) >= 11 is 0. The minimum atomic E-state index is 0.326. The Bertz CT molecular complexity index is 274. The molecular formula is C15H25NO. The van der Waals surface area contributed by atoms with Crippen LogP contribution in [0.4, 0.5) is 0 Å². The van der Waals surface area contributed by atoms with Crippen LogP contribution in [0.15, 0.2) is 30.3 Å². The van der Waals surface area contributed by atoms with Crippen molar-refractivity contribution in [3.8, 4) is 0 Å². The molecule has 0 saturated carbocycles. The van der Waals surface area contributed by atoms with E-state index >= 15 is 0 Å². The van der Waals surface area contributed by atoms with Crippen LogP contribution in [-0.4, -0.2) is 12.6 Å². The molecule has 0 unspecified atom stereocenters. The lowest BCUT2D eigenvalue weighted by Crippen LogP contribution is -2.17. The van der Waals surface area contributed by atoms with Crippen molar-refractivity contribution >= 4 is 0 Å². The second kappa shape index (κ2) is 9.20. The van der Waals surface area contributed by atoms with E-state index in [1.165, 1.54) is 24.8 Å². The highest BCUT2D eigenvalue weighted by Gasteiger charge is 2.07. The van der Waals surface area contributed by atoms with Crippen LogP contribution in [0.25, 0.3) is 0 Å². The van der Waals surface area contributed by atoms with Gasteiger partial charge in [-0.3, -0.25) is 0 Å². The first-order valence-electron chi connectivity index (χ1n) is 6.72. The van der Waals surface area contributed by atoms with Gasteiger partial charge in [-0.05, 0) is 24.9 Å². The first-order chi connectivity index (χ1) is 8.36. The van der Waals surface area contributed by atoms with Crippen molar-refractivity contribution < 1.29 is 4.74 Å². The fourth-order valence-electron chi connectivity index (χ4n) is 1.91. The molecule has 96 valence electrons. The van der Waals surface area contributed by atoms with Crippen LogP contribution in [0.3, 0.4) is 0 Å². The summed E-state index contributed by atoms with van der Waals surface area (Å²) in [4.78, 5) is 0. The molecule has 0 bridgehead atoms. The van der Waals surface area contributed by atoms with Gasteiger partial charge in [0.25, 0.3) is 0 Å². The van der Waals surface area contributed by atoms with E-state index in [2.05, 4.69) is 19.1 Å². The molecule has 0 aromatic heterocycles. The zero-order valence-corrected chi connectivity index (χ0v) is 10.9. The van der Waals surface area contributed by atoms with Crippen molar-refractivity contribution in [3.05, 3.63) is 35.9 Å². The van der Waals surface area contributed by atoms with Crippen LogP contribution in [0.2, 0.25) is 0 Å². The SMILES string of the molecule is CCCCC[C@H](CCN)OCc1ccccc1. The Labute approximate surface area is 105 Å². The Morgan fingerprint density at radius 1 is 1.12 bits per heavy atom. The standard InChI is InChI=1S/C15H25NO/c1-2-3-5-10-15(11-12-16)17-13-14-8-6-4-7-9-14/h4,6-9,15H,2-3,5,10-13,16H2,1H3/t15-/m1/s1. The maximum atomic E-state index is 5.94. The third-order valence-electron chi connectivity index (χ3n) is 2.95. The predicted octanol–water partition coefficient (Wildman–Crippen LogP) is 3.50. The van der Waals surface area contributed by atoms with Crippen molar-refractivity contribution in [1.29, 1.82) is 0 Å². The molecule has 0 fully saturated rings. The summed E-state index contributed by atoms with van der Waals surface area (Å²) < 4.78 is 5.94. The Morgan fingerprint density at radius 2 is 1.88 bits per heavy atom. The molecule has 0 amide bonds. The first kappa shape index (κ1) is 14.2. The fourth-order valence-corrected chi connectivity index (χ4v) is 1.91. The molecule has 2 N–H and O–H groups in total. The molecule has 17 heavy (non-hydrogen) atoms. The van der Waals surface area contributed by atoms with Crippen LogP contribution in [0.1, 0.15) is 44.6 Å². The van der Waals surface area contributed by atoms with Gasteiger partial charge in [-0.15, -0.1) is 0 Å². The van der Waals surface area contributed by atoms with Crippen molar-refractivity contribution in [2.75, 3.05) is 6.54 Å². The molecule has 0 aliphatic heterocycles. The zero-order valence-electron chi connectivity index (χ0n) is 10.9. The normalized spacial score (nSPS) is 12.6. The number of unbranched alkanes of at least 4 members (excludes halogenated alkanes) is 2. The molecule has 0 aliphatic rings. The van der Waals surface area contributed by atoms with Crippen LogP contribution in [-0.2, 0) is 11.3 Å². The number of hydrogen-bond acceptors (Lipinski definition) is 2. The Hall–Kier alpha value is -0.860. The number of rotatable bonds is 9. The lowest BCUT2D eigenvalue weighted by Gasteiger charge is -2.17. The van der Waals surface area contributed by atoms with Gasteiger partial charge in [0.2, 0.25) is 0 Å². The maximum absolute atomic E-state index is 5.94. The highest BCUT2D eigenvalue weighted by Crippen LogP contribution is 2.12. The van der Waals surface area contributed by atoms with Gasteiger partial charge < -0.3 is 10.5 Å². The minimum absolute atomic E-state index is 0.326. The molecule has 1 atom stereocenters. The molecular weight excluding hydrogens is 210 g/mol. The molecule has 0 radical (unpaired) electrons. The Morgan fingerprint density at radius 3 is 2.53 bits per heavy atom. The maximum Gasteiger partial charge on any atom is 0.0720 e. The quantitative estimate of drug-likeness (QED) is 0.665. The van der Waals surface area contributed by atoms with Gasteiger partial charge in [-0.1, -0.05) is 56.5 Å².